The molecule has 1 unspecified atom stereocenters. The topological polar surface area (TPSA) is 69.0 Å². The number of aromatic nitrogens is 1. The lowest BCUT2D eigenvalue weighted by atomic mass is 10.1. The molecule has 1 amide bonds. The molecule has 0 aliphatic carbocycles. The summed E-state index contributed by atoms with van der Waals surface area (Å²) >= 11 is 1.36. The van der Waals surface area contributed by atoms with E-state index in [0.717, 1.165) is 37.2 Å². The number of thiophene rings is 1. The Morgan fingerprint density at radius 3 is 3.04 bits per heavy atom. The molecular weight excluding hydrogens is 368 g/mol. The fourth-order valence-electron chi connectivity index (χ4n) is 3.64. The number of nitrogens with zero attached hydrogens (tertiary/aromatic N) is 3. The van der Waals surface area contributed by atoms with Gasteiger partial charge in [-0.25, -0.2) is 0 Å². The Morgan fingerprint density at radius 1 is 1.29 bits per heavy atom. The average molecular weight is 388 g/mol. The molecule has 3 heterocycles. The van der Waals surface area contributed by atoms with E-state index in [-0.39, 0.29) is 5.91 Å². The quantitative estimate of drug-likeness (QED) is 0.693. The minimum atomic E-state index is -0.191. The van der Waals surface area contributed by atoms with Crippen LogP contribution in [0, 0.1) is 11.3 Å². The number of pyridine rings is 1. The van der Waals surface area contributed by atoms with Crippen molar-refractivity contribution in [2.24, 2.45) is 0 Å². The van der Waals surface area contributed by atoms with E-state index in [1.807, 2.05) is 30.5 Å². The number of amides is 1. The Bertz CT molecular complexity index is 1010. The summed E-state index contributed by atoms with van der Waals surface area (Å²) in [6.45, 7) is 1.81. The van der Waals surface area contributed by atoms with Crippen LogP contribution in [0.2, 0.25) is 0 Å². The molecule has 0 saturated carbocycles. The van der Waals surface area contributed by atoms with Gasteiger partial charge in [-0.15, -0.1) is 11.3 Å². The molecule has 1 saturated heterocycles. The Kier molecular flexibility index (Phi) is 5.47. The third kappa shape index (κ3) is 3.96. The number of hydrogen-bond acceptors (Lipinski definition) is 5. The molecule has 28 heavy (non-hydrogen) atoms. The fraction of sp³-hybridized carbons (Fsp3) is 0.227. The van der Waals surface area contributed by atoms with Crippen molar-refractivity contribution in [1.82, 2.24) is 9.88 Å². The van der Waals surface area contributed by atoms with E-state index in [1.54, 1.807) is 17.5 Å². The van der Waals surface area contributed by atoms with Crippen LogP contribution in [0.3, 0.4) is 0 Å². The van der Waals surface area contributed by atoms with Gasteiger partial charge in [-0.3, -0.25) is 14.7 Å². The van der Waals surface area contributed by atoms with E-state index in [1.165, 1.54) is 11.3 Å². The van der Waals surface area contributed by atoms with Gasteiger partial charge in [-0.1, -0.05) is 18.2 Å². The molecule has 0 spiro atoms. The van der Waals surface area contributed by atoms with Gasteiger partial charge in [-0.2, -0.15) is 5.26 Å². The second-order valence-corrected chi connectivity index (χ2v) is 7.73. The second-order valence-electron chi connectivity index (χ2n) is 6.81. The van der Waals surface area contributed by atoms with E-state index in [4.69, 9.17) is 5.26 Å². The molecule has 1 N–H and O–H groups in total. The minimum Gasteiger partial charge on any atom is -0.312 e. The first-order valence-electron chi connectivity index (χ1n) is 9.27. The van der Waals surface area contributed by atoms with Crippen molar-refractivity contribution in [3.05, 3.63) is 82.5 Å². The largest absolute Gasteiger partial charge is 0.312 e. The summed E-state index contributed by atoms with van der Waals surface area (Å²) in [6.07, 6.45) is 4.10. The zero-order valence-corrected chi connectivity index (χ0v) is 16.2. The first-order valence-corrected chi connectivity index (χ1v) is 10.2. The Morgan fingerprint density at radius 2 is 2.21 bits per heavy atom. The van der Waals surface area contributed by atoms with Crippen LogP contribution in [0.4, 0.5) is 5.00 Å². The number of carbonyl (C=O) groups is 1. The molecule has 2 aromatic heterocycles. The van der Waals surface area contributed by atoms with Gasteiger partial charge in [0.2, 0.25) is 0 Å². The van der Waals surface area contributed by atoms with Gasteiger partial charge < -0.3 is 5.32 Å². The third-order valence-corrected chi connectivity index (χ3v) is 5.81. The van der Waals surface area contributed by atoms with Crippen LogP contribution in [-0.2, 0) is 6.54 Å². The number of anilines is 1. The molecule has 1 aliphatic heterocycles. The molecule has 0 radical (unpaired) electrons. The van der Waals surface area contributed by atoms with Crippen LogP contribution < -0.4 is 5.32 Å². The highest BCUT2D eigenvalue weighted by Crippen LogP contribution is 2.32. The first-order chi connectivity index (χ1) is 13.7. The Hall–Kier alpha value is -3.01. The highest BCUT2D eigenvalue weighted by molar-refractivity contribution is 7.14. The summed E-state index contributed by atoms with van der Waals surface area (Å²) in [7, 11) is 0. The molecular formula is C22H20N4OS. The van der Waals surface area contributed by atoms with E-state index >= 15 is 0 Å². The van der Waals surface area contributed by atoms with Gasteiger partial charge in [0, 0.05) is 18.3 Å². The van der Waals surface area contributed by atoms with Crippen LogP contribution in [0.25, 0.3) is 0 Å². The molecule has 3 aromatic rings. The van der Waals surface area contributed by atoms with Gasteiger partial charge in [0.1, 0.15) is 11.1 Å². The van der Waals surface area contributed by atoms with Crippen molar-refractivity contribution < 1.29 is 4.79 Å². The van der Waals surface area contributed by atoms with Crippen molar-refractivity contribution in [3.63, 3.8) is 0 Å². The van der Waals surface area contributed by atoms with Gasteiger partial charge >= 0.3 is 0 Å². The zero-order chi connectivity index (χ0) is 19.3. The number of nitrogens with one attached hydrogen (secondary N) is 1. The standard InChI is InChI=1S/C22H20N4OS/c23-14-18-9-12-28-22(18)25-21(27)17-6-3-5-16(13-17)15-26-11-4-8-20(26)19-7-1-2-10-24-19/h1-3,5-7,9-10,12-13,20H,4,8,11,15H2,(H,25,27). The average Bonchev–Trinajstić information content (AvgIpc) is 3.38. The van der Waals surface area contributed by atoms with Crippen molar-refractivity contribution in [2.75, 3.05) is 11.9 Å². The first kappa shape index (κ1) is 18.4. The van der Waals surface area contributed by atoms with Gasteiger partial charge in [0.05, 0.1) is 17.3 Å². The van der Waals surface area contributed by atoms with Gasteiger partial charge in [0.25, 0.3) is 5.91 Å². The summed E-state index contributed by atoms with van der Waals surface area (Å²) in [6, 6.07) is 17.9. The van der Waals surface area contributed by atoms with Crippen LogP contribution in [0.1, 0.15) is 46.1 Å². The molecule has 1 aliphatic rings. The highest BCUT2D eigenvalue weighted by atomic mass is 32.1. The number of hydrogen-bond donors (Lipinski definition) is 1. The number of benzene rings is 1. The molecule has 0 bridgehead atoms. The summed E-state index contributed by atoms with van der Waals surface area (Å²) in [4.78, 5) is 19.6. The number of nitriles is 1. The van der Waals surface area contributed by atoms with Crippen LogP contribution in [0.5, 0.6) is 0 Å². The van der Waals surface area contributed by atoms with Crippen molar-refractivity contribution in [3.8, 4) is 6.07 Å². The molecule has 1 aromatic carbocycles. The maximum atomic E-state index is 12.6. The van der Waals surface area contributed by atoms with E-state index in [2.05, 4.69) is 33.4 Å². The lowest BCUT2D eigenvalue weighted by Crippen LogP contribution is -2.23. The molecule has 5 nitrogen and oxygen atoms in total. The molecule has 1 fully saturated rings. The summed E-state index contributed by atoms with van der Waals surface area (Å²) in [5.74, 6) is -0.191. The predicted molar refractivity (Wildman–Crippen MR) is 110 cm³/mol. The fourth-order valence-corrected chi connectivity index (χ4v) is 4.37. The second kappa shape index (κ2) is 8.34. The zero-order valence-electron chi connectivity index (χ0n) is 15.3. The Balaban J connectivity index is 1.48. The number of carbonyl (C=O) groups excluding carboxylic acids is 1. The van der Waals surface area contributed by atoms with E-state index in [0.29, 0.717) is 22.2 Å². The van der Waals surface area contributed by atoms with Crippen molar-refractivity contribution >= 4 is 22.2 Å². The maximum Gasteiger partial charge on any atom is 0.256 e. The number of rotatable bonds is 5. The summed E-state index contributed by atoms with van der Waals surface area (Å²) in [5, 5.41) is 14.3. The summed E-state index contributed by atoms with van der Waals surface area (Å²) < 4.78 is 0. The van der Waals surface area contributed by atoms with E-state index in [9.17, 15) is 4.79 Å². The van der Waals surface area contributed by atoms with Crippen LogP contribution in [0.15, 0.2) is 60.1 Å². The van der Waals surface area contributed by atoms with Crippen molar-refractivity contribution in [1.29, 1.82) is 5.26 Å². The molecule has 1 atom stereocenters. The molecule has 4 rings (SSSR count). The minimum absolute atomic E-state index is 0.191. The van der Waals surface area contributed by atoms with Crippen LogP contribution >= 0.6 is 11.3 Å². The lowest BCUT2D eigenvalue weighted by molar-refractivity contribution is 0.102. The third-order valence-electron chi connectivity index (χ3n) is 4.98. The summed E-state index contributed by atoms with van der Waals surface area (Å²) in [5.41, 5.74) is 3.30. The normalized spacial score (nSPS) is 16.6. The monoisotopic (exact) mass is 388 g/mol. The van der Waals surface area contributed by atoms with Crippen LogP contribution in [-0.4, -0.2) is 22.3 Å². The highest BCUT2D eigenvalue weighted by Gasteiger charge is 2.26. The Labute approximate surface area is 168 Å². The van der Waals surface area contributed by atoms with E-state index < -0.39 is 0 Å². The predicted octanol–water partition coefficient (Wildman–Crippen LogP) is 4.60. The molecule has 140 valence electrons. The van der Waals surface area contributed by atoms with Crippen molar-refractivity contribution in [2.45, 2.75) is 25.4 Å². The smallest absolute Gasteiger partial charge is 0.256 e. The lowest BCUT2D eigenvalue weighted by Gasteiger charge is -2.24. The maximum absolute atomic E-state index is 12.6. The van der Waals surface area contributed by atoms with Gasteiger partial charge in [-0.05, 0) is 60.7 Å². The molecule has 6 heteroatoms. The number of likely N-dealkylation sites (tertiary alicyclic amines) is 1. The SMILES string of the molecule is N#Cc1ccsc1NC(=O)c1cccc(CN2CCCC2c2ccccn2)c1. The van der Waals surface area contributed by atoms with Gasteiger partial charge in [0.15, 0.2) is 0 Å².